The number of hydrogen-bond acceptors (Lipinski definition) is 5. The van der Waals surface area contributed by atoms with Gasteiger partial charge in [0.1, 0.15) is 4.88 Å². The molecule has 2 rings (SSSR count). The molecule has 0 bridgehead atoms. The van der Waals surface area contributed by atoms with Crippen molar-refractivity contribution in [2.75, 3.05) is 0 Å². The maximum atomic E-state index is 12.3. The molecule has 0 saturated carbocycles. The number of aromatic carboxylic acids is 1. The Hall–Kier alpha value is -1.71. The third-order valence-electron chi connectivity index (χ3n) is 2.77. The third kappa shape index (κ3) is 3.69. The average molecular weight is 329 g/mol. The number of carbonyl (C=O) groups is 1. The summed E-state index contributed by atoms with van der Waals surface area (Å²) in [6.45, 7) is 3.76. The Morgan fingerprint density at radius 3 is 2.81 bits per heavy atom. The fraction of sp³-hybridized carbons (Fsp3) is 0.333. The summed E-state index contributed by atoms with van der Waals surface area (Å²) in [5, 5.41) is 8.93. The van der Waals surface area contributed by atoms with Crippen LogP contribution < -0.4 is 4.72 Å². The molecule has 1 unspecified atom stereocenters. The number of aryl methyl sites for hydroxylation is 1. The van der Waals surface area contributed by atoms with Crippen molar-refractivity contribution in [2.45, 2.75) is 31.3 Å². The van der Waals surface area contributed by atoms with E-state index in [9.17, 15) is 13.2 Å². The van der Waals surface area contributed by atoms with E-state index in [-0.39, 0.29) is 15.8 Å². The Kier molecular flexibility index (Phi) is 4.45. The highest BCUT2D eigenvalue weighted by Gasteiger charge is 2.23. The number of sulfonamides is 1. The first-order chi connectivity index (χ1) is 9.79. The molecule has 0 saturated heterocycles. The molecule has 114 valence electrons. The van der Waals surface area contributed by atoms with Gasteiger partial charge in [0.2, 0.25) is 10.0 Å². The number of nitrogens with one attached hydrogen (secondary N) is 1. The van der Waals surface area contributed by atoms with E-state index in [0.29, 0.717) is 11.4 Å². The molecule has 0 fully saturated rings. The Morgan fingerprint density at radius 1 is 1.57 bits per heavy atom. The number of nitrogens with zero attached hydrogens (tertiary/aromatic N) is 2. The molecule has 0 aliphatic heterocycles. The molecule has 21 heavy (non-hydrogen) atoms. The van der Waals surface area contributed by atoms with Crippen molar-refractivity contribution in [3.63, 3.8) is 0 Å². The van der Waals surface area contributed by atoms with Crippen LogP contribution in [-0.2, 0) is 16.6 Å². The summed E-state index contributed by atoms with van der Waals surface area (Å²) in [5.41, 5.74) is 0. The second kappa shape index (κ2) is 5.96. The molecule has 1 atom stereocenters. The highest BCUT2D eigenvalue weighted by molar-refractivity contribution is 7.89. The summed E-state index contributed by atoms with van der Waals surface area (Å²) in [6.07, 6.45) is 4.95. The summed E-state index contributed by atoms with van der Waals surface area (Å²) in [7, 11) is -3.74. The zero-order valence-electron chi connectivity index (χ0n) is 11.5. The maximum Gasteiger partial charge on any atom is 0.345 e. The molecule has 2 heterocycles. The summed E-state index contributed by atoms with van der Waals surface area (Å²) in [5.74, 6) is -1.13. The summed E-state index contributed by atoms with van der Waals surface area (Å²) < 4.78 is 28.9. The monoisotopic (exact) mass is 329 g/mol. The van der Waals surface area contributed by atoms with Crippen LogP contribution in [0.25, 0.3) is 0 Å². The lowest BCUT2D eigenvalue weighted by molar-refractivity contribution is 0.0702. The van der Waals surface area contributed by atoms with Crippen molar-refractivity contribution >= 4 is 27.3 Å². The second-order valence-electron chi connectivity index (χ2n) is 4.62. The van der Waals surface area contributed by atoms with Crippen LogP contribution in [0.1, 0.15) is 21.5 Å². The Balaban J connectivity index is 2.16. The molecule has 0 amide bonds. The van der Waals surface area contributed by atoms with Crippen LogP contribution in [0.2, 0.25) is 0 Å². The largest absolute Gasteiger partial charge is 0.477 e. The highest BCUT2D eigenvalue weighted by atomic mass is 32.2. The molecule has 0 radical (unpaired) electrons. The normalized spacial score (nSPS) is 13.2. The zero-order chi connectivity index (χ0) is 15.6. The number of rotatable bonds is 6. The van der Waals surface area contributed by atoms with Crippen molar-refractivity contribution in [3.8, 4) is 0 Å². The molecular formula is C12H15N3O4S2. The number of thiophene rings is 1. The molecule has 2 aromatic heterocycles. The lowest BCUT2D eigenvalue weighted by atomic mass is 10.4. The quantitative estimate of drug-likeness (QED) is 0.832. The van der Waals surface area contributed by atoms with E-state index in [4.69, 9.17) is 5.11 Å². The minimum Gasteiger partial charge on any atom is -0.477 e. The van der Waals surface area contributed by atoms with Crippen molar-refractivity contribution in [3.05, 3.63) is 34.5 Å². The van der Waals surface area contributed by atoms with E-state index in [1.54, 1.807) is 37.1 Å². The molecule has 2 N–H and O–H groups in total. The lowest BCUT2D eigenvalue weighted by Gasteiger charge is -2.14. The topological polar surface area (TPSA) is 101 Å². The van der Waals surface area contributed by atoms with Crippen LogP contribution in [0.5, 0.6) is 0 Å². The van der Waals surface area contributed by atoms with Crippen molar-refractivity contribution in [1.82, 2.24) is 14.3 Å². The Labute approximate surface area is 126 Å². The summed E-state index contributed by atoms with van der Waals surface area (Å²) in [4.78, 5) is 15.3. The van der Waals surface area contributed by atoms with Gasteiger partial charge in [-0.1, -0.05) is 0 Å². The SMILES string of the molecule is Cc1sc(C(=O)O)cc1S(=O)(=O)NC(C)Cn1ccnc1. The van der Waals surface area contributed by atoms with Crippen LogP contribution in [0.4, 0.5) is 0 Å². The van der Waals surface area contributed by atoms with E-state index in [0.717, 1.165) is 11.3 Å². The van der Waals surface area contributed by atoms with E-state index < -0.39 is 16.0 Å². The average Bonchev–Trinajstić information content (AvgIpc) is 2.97. The predicted octanol–water partition coefficient (Wildman–Crippen LogP) is 1.32. The first kappa shape index (κ1) is 15.7. The minimum absolute atomic E-state index is 0.00939. The fourth-order valence-corrected chi connectivity index (χ4v) is 4.58. The Bertz CT molecular complexity index is 735. The molecule has 9 heteroatoms. The van der Waals surface area contributed by atoms with Gasteiger partial charge in [-0.25, -0.2) is 22.9 Å². The van der Waals surface area contributed by atoms with E-state index >= 15 is 0 Å². The van der Waals surface area contributed by atoms with Gasteiger partial charge in [0.05, 0.1) is 11.2 Å². The van der Waals surface area contributed by atoms with Gasteiger partial charge in [-0.3, -0.25) is 0 Å². The van der Waals surface area contributed by atoms with E-state index in [2.05, 4.69) is 9.71 Å². The number of carboxylic acid groups (broad SMARTS) is 1. The van der Waals surface area contributed by atoms with Crippen molar-refractivity contribution in [1.29, 1.82) is 0 Å². The third-order valence-corrected chi connectivity index (χ3v) is 5.66. The van der Waals surface area contributed by atoms with Crippen molar-refractivity contribution < 1.29 is 18.3 Å². The van der Waals surface area contributed by atoms with Gasteiger partial charge in [-0.15, -0.1) is 11.3 Å². The van der Waals surface area contributed by atoms with Crippen molar-refractivity contribution in [2.24, 2.45) is 0 Å². The smallest absolute Gasteiger partial charge is 0.345 e. The standard InChI is InChI=1S/C12H15N3O4S2/c1-8(6-15-4-3-13-7-15)14-21(18,19)11-5-10(12(16)17)20-9(11)2/h3-5,7-8,14H,6H2,1-2H3,(H,16,17). The van der Waals surface area contributed by atoms with E-state index in [1.807, 2.05) is 0 Å². The lowest BCUT2D eigenvalue weighted by Crippen LogP contribution is -2.35. The fourth-order valence-electron chi connectivity index (χ4n) is 1.91. The molecule has 0 spiro atoms. The van der Waals surface area contributed by atoms with Crippen LogP contribution in [0.15, 0.2) is 29.7 Å². The second-order valence-corrected chi connectivity index (χ2v) is 7.56. The summed E-state index contributed by atoms with van der Waals surface area (Å²) in [6, 6.07) is 0.839. The molecule has 0 aliphatic rings. The zero-order valence-corrected chi connectivity index (χ0v) is 13.1. The van der Waals surface area contributed by atoms with Gasteiger partial charge in [0.25, 0.3) is 0 Å². The number of imidazole rings is 1. The highest BCUT2D eigenvalue weighted by Crippen LogP contribution is 2.25. The van der Waals surface area contributed by atoms with Crippen LogP contribution in [0, 0.1) is 6.92 Å². The summed E-state index contributed by atoms with van der Waals surface area (Å²) >= 11 is 0.948. The number of hydrogen-bond donors (Lipinski definition) is 2. The minimum atomic E-state index is -3.74. The van der Waals surface area contributed by atoms with Gasteiger partial charge >= 0.3 is 5.97 Å². The first-order valence-corrected chi connectivity index (χ1v) is 8.41. The first-order valence-electron chi connectivity index (χ1n) is 6.11. The molecular weight excluding hydrogens is 314 g/mol. The maximum absolute atomic E-state index is 12.3. The van der Waals surface area contributed by atoms with Gasteiger partial charge < -0.3 is 9.67 Å². The van der Waals surface area contributed by atoms with Crippen LogP contribution >= 0.6 is 11.3 Å². The molecule has 2 aromatic rings. The van der Waals surface area contributed by atoms with Crippen LogP contribution in [0.3, 0.4) is 0 Å². The number of aromatic nitrogens is 2. The number of carboxylic acids is 1. The van der Waals surface area contributed by atoms with Gasteiger partial charge in [0.15, 0.2) is 0 Å². The van der Waals surface area contributed by atoms with E-state index in [1.165, 1.54) is 6.07 Å². The Morgan fingerprint density at radius 2 is 2.29 bits per heavy atom. The predicted molar refractivity (Wildman–Crippen MR) is 78.0 cm³/mol. The molecule has 7 nitrogen and oxygen atoms in total. The molecule has 0 aliphatic carbocycles. The molecule has 0 aromatic carbocycles. The van der Waals surface area contributed by atoms with Gasteiger partial charge in [0, 0.05) is 29.9 Å². The van der Waals surface area contributed by atoms with Gasteiger partial charge in [-0.2, -0.15) is 0 Å². The van der Waals surface area contributed by atoms with Gasteiger partial charge in [-0.05, 0) is 19.9 Å². The van der Waals surface area contributed by atoms with Crippen LogP contribution in [-0.4, -0.2) is 35.1 Å².